The van der Waals surface area contributed by atoms with Gasteiger partial charge in [0, 0.05) is 17.7 Å². The molecule has 0 spiro atoms. The van der Waals surface area contributed by atoms with Gasteiger partial charge in [-0.05, 0) is 17.7 Å². The lowest BCUT2D eigenvalue weighted by Gasteiger charge is -2.08. The van der Waals surface area contributed by atoms with E-state index in [9.17, 15) is 4.79 Å². The zero-order valence-electron chi connectivity index (χ0n) is 13.1. The van der Waals surface area contributed by atoms with E-state index in [1.807, 2.05) is 48.5 Å². The second-order valence-electron chi connectivity index (χ2n) is 5.00. The predicted molar refractivity (Wildman–Crippen MR) is 89.0 cm³/mol. The van der Waals surface area contributed by atoms with E-state index in [0.717, 1.165) is 22.6 Å². The van der Waals surface area contributed by atoms with Crippen LogP contribution < -0.4 is 14.8 Å². The van der Waals surface area contributed by atoms with E-state index >= 15 is 0 Å². The van der Waals surface area contributed by atoms with Crippen molar-refractivity contribution in [1.82, 2.24) is 5.16 Å². The first-order chi connectivity index (χ1) is 11.8. The average Bonchev–Trinajstić information content (AvgIpc) is 3.09. The van der Waals surface area contributed by atoms with Crippen LogP contribution in [0, 0.1) is 0 Å². The maximum atomic E-state index is 10.4. The van der Waals surface area contributed by atoms with E-state index in [1.54, 1.807) is 13.2 Å². The van der Waals surface area contributed by atoms with Crippen molar-refractivity contribution >= 4 is 12.3 Å². The van der Waals surface area contributed by atoms with Crippen LogP contribution in [0.2, 0.25) is 0 Å². The predicted octanol–water partition coefficient (Wildman–Crippen LogP) is 3.50. The molecule has 24 heavy (non-hydrogen) atoms. The number of anilines is 1. The molecule has 0 fully saturated rings. The number of nitrogens with zero attached hydrogens (tertiary/aromatic N) is 1. The summed E-state index contributed by atoms with van der Waals surface area (Å²) in [5.74, 6) is 1.82. The summed E-state index contributed by atoms with van der Waals surface area (Å²) in [5.41, 5.74) is 2.57. The minimum atomic E-state index is 0.311. The summed E-state index contributed by atoms with van der Waals surface area (Å²) in [6, 6.07) is 16.9. The van der Waals surface area contributed by atoms with Crippen LogP contribution in [0.25, 0.3) is 11.3 Å². The second kappa shape index (κ2) is 7.32. The Labute approximate surface area is 139 Å². The Bertz CT molecular complexity index is 812. The number of nitrogens with one attached hydrogen (secondary N) is 1. The molecular formula is C18H16N2O4. The summed E-state index contributed by atoms with van der Waals surface area (Å²) in [4.78, 5) is 10.4. The van der Waals surface area contributed by atoms with Gasteiger partial charge in [-0.1, -0.05) is 35.5 Å². The van der Waals surface area contributed by atoms with Gasteiger partial charge < -0.3 is 14.0 Å². The second-order valence-corrected chi connectivity index (χ2v) is 5.00. The van der Waals surface area contributed by atoms with Crippen LogP contribution in [-0.2, 0) is 11.4 Å². The molecule has 122 valence electrons. The Balaban J connectivity index is 1.64. The van der Waals surface area contributed by atoms with Crippen molar-refractivity contribution in [1.29, 1.82) is 0 Å². The van der Waals surface area contributed by atoms with Gasteiger partial charge in [0.25, 0.3) is 0 Å². The number of hydrogen-bond acceptors (Lipinski definition) is 5. The lowest BCUT2D eigenvalue weighted by atomic mass is 10.1. The minimum absolute atomic E-state index is 0.311. The molecular weight excluding hydrogens is 308 g/mol. The molecule has 0 radical (unpaired) electrons. The third-order valence-corrected chi connectivity index (χ3v) is 3.41. The molecule has 0 aliphatic heterocycles. The van der Waals surface area contributed by atoms with Crippen molar-refractivity contribution in [2.75, 3.05) is 12.4 Å². The van der Waals surface area contributed by atoms with Crippen molar-refractivity contribution in [2.45, 2.75) is 6.61 Å². The van der Waals surface area contributed by atoms with Crippen molar-refractivity contribution in [3.63, 3.8) is 0 Å². The maximum absolute atomic E-state index is 10.4. The largest absolute Gasteiger partial charge is 0.497 e. The number of carbonyl (C=O) groups is 1. The van der Waals surface area contributed by atoms with Crippen molar-refractivity contribution in [3.8, 4) is 22.8 Å². The topological polar surface area (TPSA) is 73.6 Å². The molecule has 0 saturated heterocycles. The van der Waals surface area contributed by atoms with Gasteiger partial charge in [-0.25, -0.2) is 0 Å². The first kappa shape index (κ1) is 15.6. The van der Waals surface area contributed by atoms with E-state index in [2.05, 4.69) is 10.5 Å². The van der Waals surface area contributed by atoms with Crippen LogP contribution in [-0.4, -0.2) is 18.7 Å². The van der Waals surface area contributed by atoms with E-state index in [0.29, 0.717) is 24.6 Å². The molecule has 1 amide bonds. The standard InChI is InChI=1S/C18H16N2O4/c1-22-15-3-2-4-16(9-15)23-11-13-5-7-14(8-6-13)17-10-18(19-12-21)24-20-17/h2-10,12H,11H2,1H3,(H,19,21). The number of aromatic nitrogens is 1. The number of carbonyl (C=O) groups excluding carboxylic acids is 1. The molecule has 0 atom stereocenters. The van der Waals surface area contributed by atoms with E-state index in [1.165, 1.54) is 0 Å². The molecule has 0 aliphatic rings. The highest BCUT2D eigenvalue weighted by Crippen LogP contribution is 2.23. The summed E-state index contributed by atoms with van der Waals surface area (Å²) in [7, 11) is 1.62. The Morgan fingerprint density at radius 2 is 1.92 bits per heavy atom. The van der Waals surface area contributed by atoms with E-state index in [-0.39, 0.29) is 0 Å². The summed E-state index contributed by atoms with van der Waals surface area (Å²) in [5, 5.41) is 6.32. The van der Waals surface area contributed by atoms with Gasteiger partial charge >= 0.3 is 0 Å². The van der Waals surface area contributed by atoms with E-state index < -0.39 is 0 Å². The van der Waals surface area contributed by atoms with Gasteiger partial charge in [-0.15, -0.1) is 0 Å². The summed E-state index contributed by atoms with van der Waals surface area (Å²) in [6.45, 7) is 0.449. The number of rotatable bonds is 7. The molecule has 1 N–H and O–H groups in total. The first-order valence-corrected chi connectivity index (χ1v) is 7.31. The number of ether oxygens (including phenoxy) is 2. The van der Waals surface area contributed by atoms with Crippen molar-refractivity contribution in [3.05, 3.63) is 60.2 Å². The molecule has 0 aliphatic carbocycles. The normalized spacial score (nSPS) is 10.2. The fraction of sp³-hybridized carbons (Fsp3) is 0.111. The quantitative estimate of drug-likeness (QED) is 0.673. The molecule has 0 saturated carbocycles. The molecule has 3 aromatic rings. The lowest BCUT2D eigenvalue weighted by Crippen LogP contribution is -1.95. The van der Waals surface area contributed by atoms with Gasteiger partial charge in [0.15, 0.2) is 0 Å². The summed E-state index contributed by atoms with van der Waals surface area (Å²) >= 11 is 0. The highest BCUT2D eigenvalue weighted by Gasteiger charge is 2.06. The zero-order valence-corrected chi connectivity index (χ0v) is 13.1. The SMILES string of the molecule is COc1cccc(OCc2ccc(-c3cc(NC=O)on3)cc2)c1. The molecule has 0 unspecified atom stereocenters. The Morgan fingerprint density at radius 1 is 1.12 bits per heavy atom. The van der Waals surface area contributed by atoms with Crippen LogP contribution in [0.4, 0.5) is 5.88 Å². The monoisotopic (exact) mass is 324 g/mol. The molecule has 2 aromatic carbocycles. The number of amides is 1. The van der Waals surface area contributed by atoms with E-state index in [4.69, 9.17) is 14.0 Å². The average molecular weight is 324 g/mol. The Hall–Kier alpha value is -3.28. The fourth-order valence-corrected chi connectivity index (χ4v) is 2.17. The number of benzene rings is 2. The molecule has 0 bridgehead atoms. The lowest BCUT2D eigenvalue weighted by molar-refractivity contribution is -0.105. The molecule has 1 aromatic heterocycles. The van der Waals surface area contributed by atoms with Gasteiger partial charge in [0.2, 0.25) is 12.3 Å². The number of hydrogen-bond donors (Lipinski definition) is 1. The molecule has 1 heterocycles. The summed E-state index contributed by atoms with van der Waals surface area (Å²) < 4.78 is 15.9. The Kier molecular flexibility index (Phi) is 4.76. The van der Waals surface area contributed by atoms with Gasteiger partial charge in [0.05, 0.1) is 7.11 Å². The first-order valence-electron chi connectivity index (χ1n) is 7.31. The van der Waals surface area contributed by atoms with Crippen LogP contribution in [0.3, 0.4) is 0 Å². The smallest absolute Gasteiger partial charge is 0.231 e. The molecule has 6 nitrogen and oxygen atoms in total. The third kappa shape index (κ3) is 3.73. The zero-order chi connectivity index (χ0) is 16.8. The van der Waals surface area contributed by atoms with Crippen LogP contribution in [0.5, 0.6) is 11.5 Å². The van der Waals surface area contributed by atoms with Crippen LogP contribution in [0.1, 0.15) is 5.56 Å². The third-order valence-electron chi connectivity index (χ3n) is 3.41. The highest BCUT2D eigenvalue weighted by atomic mass is 16.5. The van der Waals surface area contributed by atoms with Gasteiger partial charge in [-0.3, -0.25) is 10.1 Å². The van der Waals surface area contributed by atoms with Gasteiger partial charge in [0.1, 0.15) is 23.8 Å². The highest BCUT2D eigenvalue weighted by molar-refractivity contribution is 5.71. The fourth-order valence-electron chi connectivity index (χ4n) is 2.17. The summed E-state index contributed by atoms with van der Waals surface area (Å²) in [6.07, 6.45) is 0.545. The van der Waals surface area contributed by atoms with Crippen LogP contribution >= 0.6 is 0 Å². The van der Waals surface area contributed by atoms with Crippen molar-refractivity contribution in [2.24, 2.45) is 0 Å². The van der Waals surface area contributed by atoms with Crippen LogP contribution in [0.15, 0.2) is 59.1 Å². The van der Waals surface area contributed by atoms with Gasteiger partial charge in [-0.2, -0.15) is 0 Å². The Morgan fingerprint density at radius 3 is 2.67 bits per heavy atom. The maximum Gasteiger partial charge on any atom is 0.231 e. The molecule has 3 rings (SSSR count). The molecule has 6 heteroatoms. The van der Waals surface area contributed by atoms with Crippen molar-refractivity contribution < 1.29 is 18.8 Å². The number of methoxy groups -OCH3 is 1. The minimum Gasteiger partial charge on any atom is -0.497 e.